The maximum atomic E-state index is 9.01. The van der Waals surface area contributed by atoms with Crippen molar-refractivity contribution in [2.75, 3.05) is 0 Å². The van der Waals surface area contributed by atoms with Crippen LogP contribution in [-0.2, 0) is 4.84 Å². The molecule has 1 aliphatic heterocycles. The normalized spacial score (nSPS) is 15.7. The summed E-state index contributed by atoms with van der Waals surface area (Å²) >= 11 is 0. The molecule has 0 aromatic heterocycles. The third-order valence-corrected chi connectivity index (χ3v) is 2.35. The first-order valence-electron chi connectivity index (χ1n) is 7.17. The van der Waals surface area contributed by atoms with E-state index in [1.807, 2.05) is 54.7 Å². The van der Waals surface area contributed by atoms with E-state index in [0.29, 0.717) is 5.57 Å². The van der Waals surface area contributed by atoms with Gasteiger partial charge in [0, 0.05) is 0 Å². The van der Waals surface area contributed by atoms with Crippen molar-refractivity contribution in [3.8, 4) is 6.07 Å². The Hall–Kier alpha value is -3.65. The van der Waals surface area contributed by atoms with Gasteiger partial charge in [-0.05, 0) is 29.5 Å². The Balaban J connectivity index is 2.76. The van der Waals surface area contributed by atoms with Crippen LogP contribution in [0.15, 0.2) is 120 Å². The summed E-state index contributed by atoms with van der Waals surface area (Å²) in [7, 11) is 0. The molecule has 24 heavy (non-hydrogen) atoms. The van der Waals surface area contributed by atoms with E-state index in [2.05, 4.69) is 22.0 Å². The fraction of sp³-hybridized carbons (Fsp3) is 0. The molecule has 0 aliphatic carbocycles. The zero-order valence-corrected chi connectivity index (χ0v) is 13.1. The quantitative estimate of drug-likeness (QED) is 0.703. The maximum Gasteiger partial charge on any atom is 0.121 e. The van der Waals surface area contributed by atoms with Crippen molar-refractivity contribution in [3.05, 3.63) is 109 Å². The van der Waals surface area contributed by atoms with E-state index in [9.17, 15) is 0 Å². The van der Waals surface area contributed by atoms with Gasteiger partial charge in [0.25, 0.3) is 0 Å². The Morgan fingerprint density at radius 1 is 0.792 bits per heavy atom. The Kier molecular flexibility index (Phi) is 11.0. The summed E-state index contributed by atoms with van der Waals surface area (Å²) in [6.07, 6.45) is 30.1. The number of nitrogens with one attached hydrogen (secondary N) is 1. The molecule has 0 unspecified atom stereocenters. The molecule has 0 amide bonds. The van der Waals surface area contributed by atoms with Gasteiger partial charge in [0.1, 0.15) is 6.26 Å². The summed E-state index contributed by atoms with van der Waals surface area (Å²) in [6, 6.07) is 2.09. The zero-order valence-electron chi connectivity index (χ0n) is 13.1. The Labute approximate surface area is 142 Å². The SMILES string of the molecule is N#CC1=CC=CC=CC=CC=CC=CC=CONN=NC=CC=C1. The van der Waals surface area contributed by atoms with E-state index in [4.69, 9.17) is 10.1 Å². The number of hydrogen-bond acceptors (Lipinski definition) is 5. The number of hydrogen-bond donors (Lipinski definition) is 1. The molecule has 5 heteroatoms. The molecular weight excluding hydrogens is 300 g/mol. The lowest BCUT2D eigenvalue weighted by Gasteiger charge is -1.91. The smallest absolute Gasteiger partial charge is 0.121 e. The van der Waals surface area contributed by atoms with Gasteiger partial charge in [0.15, 0.2) is 0 Å². The Bertz CT molecular complexity index is 693. The van der Waals surface area contributed by atoms with Crippen molar-refractivity contribution in [1.82, 2.24) is 5.59 Å². The summed E-state index contributed by atoms with van der Waals surface area (Å²) in [6.45, 7) is 0. The summed E-state index contributed by atoms with van der Waals surface area (Å²) in [5, 5.41) is 16.3. The van der Waals surface area contributed by atoms with Crippen LogP contribution in [0.1, 0.15) is 0 Å². The lowest BCUT2D eigenvalue weighted by molar-refractivity contribution is 0.131. The lowest BCUT2D eigenvalue weighted by Crippen LogP contribution is -1.98. The molecule has 0 aromatic rings. The molecular formula is C19H18N4O. The van der Waals surface area contributed by atoms with E-state index >= 15 is 0 Å². The summed E-state index contributed by atoms with van der Waals surface area (Å²) < 4.78 is 0. The predicted octanol–water partition coefficient (Wildman–Crippen LogP) is 4.70. The molecule has 0 aromatic carbocycles. The van der Waals surface area contributed by atoms with Gasteiger partial charge in [0.2, 0.25) is 0 Å². The second-order valence-corrected chi connectivity index (χ2v) is 4.11. The van der Waals surface area contributed by atoms with Crippen molar-refractivity contribution >= 4 is 0 Å². The number of rotatable bonds is 0. The fourth-order valence-electron chi connectivity index (χ4n) is 1.31. The van der Waals surface area contributed by atoms with Gasteiger partial charge in [0.05, 0.1) is 17.8 Å². The second kappa shape index (κ2) is 14.3. The van der Waals surface area contributed by atoms with Gasteiger partial charge >= 0.3 is 0 Å². The Morgan fingerprint density at radius 3 is 2.08 bits per heavy atom. The van der Waals surface area contributed by atoms with Crippen molar-refractivity contribution in [2.45, 2.75) is 0 Å². The molecule has 0 saturated carbocycles. The molecule has 1 rings (SSSR count). The number of nitrogens with zero attached hydrogens (tertiary/aromatic N) is 3. The summed E-state index contributed by atoms with van der Waals surface area (Å²) in [5.74, 6) is 0. The van der Waals surface area contributed by atoms with Gasteiger partial charge < -0.3 is 4.84 Å². The Morgan fingerprint density at radius 2 is 1.42 bits per heavy atom. The van der Waals surface area contributed by atoms with Crippen molar-refractivity contribution in [2.24, 2.45) is 10.3 Å². The topological polar surface area (TPSA) is 69.8 Å². The van der Waals surface area contributed by atoms with Gasteiger partial charge in [-0.15, -0.1) is 10.7 Å². The molecule has 0 saturated heterocycles. The third-order valence-electron chi connectivity index (χ3n) is 2.35. The van der Waals surface area contributed by atoms with E-state index in [-0.39, 0.29) is 0 Å². The average Bonchev–Trinajstić information content (AvgIpc) is 2.60. The van der Waals surface area contributed by atoms with Crippen LogP contribution in [-0.4, -0.2) is 0 Å². The molecule has 0 bridgehead atoms. The van der Waals surface area contributed by atoms with E-state index in [1.165, 1.54) is 12.5 Å². The first-order chi connectivity index (χ1) is 11.9. The molecule has 0 spiro atoms. The first kappa shape index (κ1) is 18.4. The third kappa shape index (κ3) is 11.1. The van der Waals surface area contributed by atoms with Crippen molar-refractivity contribution in [1.29, 1.82) is 5.26 Å². The predicted molar refractivity (Wildman–Crippen MR) is 95.9 cm³/mol. The summed E-state index contributed by atoms with van der Waals surface area (Å²) in [4.78, 5) is 4.88. The minimum absolute atomic E-state index is 0.528. The van der Waals surface area contributed by atoms with Crippen LogP contribution in [0.4, 0.5) is 0 Å². The van der Waals surface area contributed by atoms with E-state index in [0.717, 1.165) is 0 Å². The highest BCUT2D eigenvalue weighted by atomic mass is 16.7. The molecule has 1 heterocycles. The first-order valence-corrected chi connectivity index (χ1v) is 7.17. The molecule has 1 N–H and O–H groups in total. The van der Waals surface area contributed by atoms with Crippen molar-refractivity contribution < 1.29 is 4.84 Å². The maximum absolute atomic E-state index is 9.01. The van der Waals surface area contributed by atoms with Gasteiger partial charge in [-0.25, -0.2) is 0 Å². The summed E-state index contributed by atoms with van der Waals surface area (Å²) in [5.41, 5.74) is 2.82. The minimum Gasteiger partial charge on any atom is -0.372 e. The van der Waals surface area contributed by atoms with Gasteiger partial charge in [-0.1, -0.05) is 66.8 Å². The molecule has 0 radical (unpaired) electrons. The van der Waals surface area contributed by atoms with Crippen LogP contribution in [0.5, 0.6) is 0 Å². The van der Waals surface area contributed by atoms with Crippen LogP contribution >= 0.6 is 0 Å². The van der Waals surface area contributed by atoms with Gasteiger partial charge in [-0.2, -0.15) is 5.26 Å². The lowest BCUT2D eigenvalue weighted by atomic mass is 10.2. The molecule has 5 nitrogen and oxygen atoms in total. The fourth-order valence-corrected chi connectivity index (χ4v) is 1.31. The molecule has 0 fully saturated rings. The van der Waals surface area contributed by atoms with Crippen LogP contribution in [0, 0.1) is 11.3 Å². The van der Waals surface area contributed by atoms with Crippen molar-refractivity contribution in [3.63, 3.8) is 0 Å². The highest BCUT2D eigenvalue weighted by molar-refractivity contribution is 5.37. The van der Waals surface area contributed by atoms with Gasteiger partial charge in [-0.3, -0.25) is 0 Å². The van der Waals surface area contributed by atoms with E-state index < -0.39 is 0 Å². The average molecular weight is 318 g/mol. The highest BCUT2D eigenvalue weighted by Gasteiger charge is 1.83. The molecule has 0 atom stereocenters. The molecule has 1 aliphatic rings. The number of allylic oxidation sites excluding steroid dienone is 16. The zero-order chi connectivity index (χ0) is 17.1. The standard InChI is InChI=1S/C19H18N4O/c20-18-19-14-10-8-6-4-2-1-3-5-7-9-13-17-24-23-22-21-16-12-11-15-19/h1-17H,(H,21,23). The largest absolute Gasteiger partial charge is 0.372 e. The van der Waals surface area contributed by atoms with E-state index in [1.54, 1.807) is 36.5 Å². The number of nitriles is 1. The monoisotopic (exact) mass is 318 g/mol. The van der Waals surface area contributed by atoms with Crippen LogP contribution in [0.25, 0.3) is 0 Å². The molecule has 120 valence electrons. The van der Waals surface area contributed by atoms with Crippen LogP contribution in [0.3, 0.4) is 0 Å². The highest BCUT2D eigenvalue weighted by Crippen LogP contribution is 1.96. The second-order valence-electron chi connectivity index (χ2n) is 4.11. The van der Waals surface area contributed by atoms with Crippen LogP contribution < -0.4 is 5.59 Å². The van der Waals surface area contributed by atoms with Crippen LogP contribution in [0.2, 0.25) is 0 Å². The minimum atomic E-state index is 0.528.